The van der Waals surface area contributed by atoms with E-state index in [-0.39, 0.29) is 0 Å². The predicted molar refractivity (Wildman–Crippen MR) is 32.9 cm³/mol. The molecule has 0 heterocycles. The molecule has 0 aromatic heterocycles. The third-order valence-corrected chi connectivity index (χ3v) is 1.07. The molecule has 0 fully saturated rings. The Hall–Kier alpha value is -0.400. The number of alkyl halides is 6. The first-order valence-electron chi connectivity index (χ1n) is 2.55. The summed E-state index contributed by atoms with van der Waals surface area (Å²) in [6, 6.07) is 0. The van der Waals surface area contributed by atoms with Crippen LogP contribution in [0.5, 0.6) is 0 Å². The van der Waals surface area contributed by atoms with Crippen molar-refractivity contribution in [3.05, 3.63) is 0 Å². The molecular formula is C4H3BrF5NO. The molecule has 0 spiro atoms. The molecule has 0 aliphatic rings. The number of carbonyl (C=O) groups excluding carboxylic acids is 1. The van der Waals surface area contributed by atoms with Crippen molar-refractivity contribution in [3.8, 4) is 0 Å². The SMILES string of the molecule is O=C(NCC(F)(F)F)C(F)(F)Br. The number of hydrogen-bond donors (Lipinski definition) is 1. The van der Waals surface area contributed by atoms with Crippen molar-refractivity contribution in [2.24, 2.45) is 0 Å². The third kappa shape index (κ3) is 5.28. The Morgan fingerprint density at radius 2 is 1.67 bits per heavy atom. The average molecular weight is 256 g/mol. The largest absolute Gasteiger partial charge is 0.405 e. The Morgan fingerprint density at radius 1 is 1.25 bits per heavy atom. The molecule has 12 heavy (non-hydrogen) atoms. The lowest BCUT2D eigenvalue weighted by Gasteiger charge is -2.10. The highest BCUT2D eigenvalue weighted by Gasteiger charge is 2.37. The molecule has 0 saturated carbocycles. The molecule has 1 N–H and O–H groups in total. The lowest BCUT2D eigenvalue weighted by Crippen LogP contribution is -2.40. The summed E-state index contributed by atoms with van der Waals surface area (Å²) < 4.78 is 57.6. The molecule has 0 bridgehead atoms. The van der Waals surface area contributed by atoms with Crippen LogP contribution in [-0.2, 0) is 4.79 Å². The van der Waals surface area contributed by atoms with Crippen LogP contribution in [0.3, 0.4) is 0 Å². The second-order valence-corrected chi connectivity index (χ2v) is 2.79. The van der Waals surface area contributed by atoms with Gasteiger partial charge in [0, 0.05) is 15.9 Å². The van der Waals surface area contributed by atoms with Gasteiger partial charge in [0.25, 0.3) is 0 Å². The van der Waals surface area contributed by atoms with Gasteiger partial charge in [0.1, 0.15) is 6.54 Å². The van der Waals surface area contributed by atoms with Crippen LogP contribution in [0.15, 0.2) is 0 Å². The molecule has 8 heteroatoms. The van der Waals surface area contributed by atoms with Crippen molar-refractivity contribution < 1.29 is 26.7 Å². The van der Waals surface area contributed by atoms with Crippen molar-refractivity contribution in [2.75, 3.05) is 6.54 Å². The normalized spacial score (nSPS) is 12.8. The van der Waals surface area contributed by atoms with Crippen LogP contribution in [-0.4, -0.2) is 23.5 Å². The van der Waals surface area contributed by atoms with Crippen molar-refractivity contribution >= 4 is 21.8 Å². The van der Waals surface area contributed by atoms with Gasteiger partial charge in [0.2, 0.25) is 0 Å². The van der Waals surface area contributed by atoms with Gasteiger partial charge in [0.15, 0.2) is 0 Å². The molecular weight excluding hydrogens is 253 g/mol. The Balaban J connectivity index is 3.90. The van der Waals surface area contributed by atoms with Crippen molar-refractivity contribution in [1.82, 2.24) is 5.32 Å². The number of amides is 1. The van der Waals surface area contributed by atoms with Crippen LogP contribution in [0.25, 0.3) is 0 Å². The van der Waals surface area contributed by atoms with Gasteiger partial charge < -0.3 is 5.32 Å². The zero-order valence-corrected chi connectivity index (χ0v) is 6.97. The molecule has 0 rings (SSSR count). The van der Waals surface area contributed by atoms with E-state index in [0.29, 0.717) is 0 Å². The van der Waals surface area contributed by atoms with Crippen LogP contribution in [0.2, 0.25) is 0 Å². The maximum absolute atomic E-state index is 11.8. The van der Waals surface area contributed by atoms with E-state index < -0.39 is 23.5 Å². The molecule has 1 amide bonds. The fraction of sp³-hybridized carbons (Fsp3) is 0.750. The second kappa shape index (κ2) is 3.55. The molecule has 0 unspecified atom stereocenters. The maximum Gasteiger partial charge on any atom is 0.405 e. The number of carbonyl (C=O) groups is 1. The van der Waals surface area contributed by atoms with Gasteiger partial charge in [-0.1, -0.05) is 0 Å². The van der Waals surface area contributed by atoms with Crippen molar-refractivity contribution in [3.63, 3.8) is 0 Å². The molecule has 2 nitrogen and oxygen atoms in total. The van der Waals surface area contributed by atoms with Gasteiger partial charge >= 0.3 is 16.9 Å². The predicted octanol–water partition coefficient (Wildman–Crippen LogP) is 1.65. The fourth-order valence-corrected chi connectivity index (χ4v) is 0.421. The summed E-state index contributed by atoms with van der Waals surface area (Å²) in [6.07, 6.45) is -4.69. The number of halogens is 6. The summed E-state index contributed by atoms with van der Waals surface area (Å²) in [5.41, 5.74) is 0. The van der Waals surface area contributed by atoms with Gasteiger partial charge in [-0.2, -0.15) is 22.0 Å². The molecule has 0 saturated heterocycles. The molecule has 0 atom stereocenters. The molecule has 0 aliphatic heterocycles. The molecule has 72 valence electrons. The quantitative estimate of drug-likeness (QED) is 0.590. The van der Waals surface area contributed by atoms with E-state index in [1.807, 2.05) is 0 Å². The zero-order valence-electron chi connectivity index (χ0n) is 5.38. The standard InChI is InChI=1S/C4H3BrF5NO/c5-4(9,10)2(12)11-1-3(6,7)8/h1H2,(H,11,12). The first-order valence-corrected chi connectivity index (χ1v) is 3.34. The summed E-state index contributed by atoms with van der Waals surface area (Å²) in [5.74, 6) is -2.01. The van der Waals surface area contributed by atoms with Gasteiger partial charge in [-0.3, -0.25) is 4.79 Å². The molecule has 0 aromatic carbocycles. The summed E-state index contributed by atoms with van der Waals surface area (Å²) >= 11 is 1.60. The molecule has 0 aromatic rings. The molecule has 0 aliphatic carbocycles. The summed E-state index contributed by atoms with van der Waals surface area (Å²) in [4.78, 5) is 6.14. The highest BCUT2D eigenvalue weighted by molar-refractivity contribution is 9.10. The van der Waals surface area contributed by atoms with E-state index in [1.54, 1.807) is 15.9 Å². The summed E-state index contributed by atoms with van der Waals surface area (Å²) in [6.45, 7) is -1.77. The second-order valence-electron chi connectivity index (χ2n) is 1.80. The Labute approximate surface area is 72.2 Å². The smallest absolute Gasteiger partial charge is 0.341 e. The van der Waals surface area contributed by atoms with Crippen LogP contribution >= 0.6 is 15.9 Å². The molecule has 0 radical (unpaired) electrons. The lowest BCUT2D eigenvalue weighted by atomic mass is 10.5. The van der Waals surface area contributed by atoms with Gasteiger partial charge in [0.05, 0.1) is 0 Å². The van der Waals surface area contributed by atoms with Gasteiger partial charge in [-0.15, -0.1) is 0 Å². The summed E-state index contributed by atoms with van der Waals surface area (Å²) in [5, 5.41) is 1.00. The Bertz CT molecular complexity index is 173. The topological polar surface area (TPSA) is 29.1 Å². The van der Waals surface area contributed by atoms with E-state index in [2.05, 4.69) is 0 Å². The number of hydrogen-bond acceptors (Lipinski definition) is 1. The highest BCUT2D eigenvalue weighted by atomic mass is 79.9. The van der Waals surface area contributed by atoms with Crippen molar-refractivity contribution in [2.45, 2.75) is 11.0 Å². The van der Waals surface area contributed by atoms with Gasteiger partial charge in [-0.25, -0.2) is 0 Å². The highest BCUT2D eigenvalue weighted by Crippen LogP contribution is 2.22. The van der Waals surface area contributed by atoms with Crippen LogP contribution in [0, 0.1) is 0 Å². The first kappa shape index (κ1) is 11.6. The van der Waals surface area contributed by atoms with Crippen molar-refractivity contribution in [1.29, 1.82) is 0 Å². The lowest BCUT2D eigenvalue weighted by molar-refractivity contribution is -0.146. The van der Waals surface area contributed by atoms with E-state index in [1.165, 1.54) is 0 Å². The van der Waals surface area contributed by atoms with E-state index >= 15 is 0 Å². The third-order valence-electron chi connectivity index (χ3n) is 0.707. The first-order chi connectivity index (χ1) is 5.13. The fourth-order valence-electron chi connectivity index (χ4n) is 0.281. The van der Waals surface area contributed by atoms with Crippen LogP contribution < -0.4 is 5.32 Å². The summed E-state index contributed by atoms with van der Waals surface area (Å²) in [7, 11) is 0. The minimum Gasteiger partial charge on any atom is -0.341 e. The van der Waals surface area contributed by atoms with E-state index in [0.717, 1.165) is 5.32 Å². The van der Waals surface area contributed by atoms with E-state index in [9.17, 15) is 26.7 Å². The minimum atomic E-state index is -4.69. The Morgan fingerprint density at radius 3 is 1.92 bits per heavy atom. The van der Waals surface area contributed by atoms with Crippen LogP contribution in [0.4, 0.5) is 22.0 Å². The maximum atomic E-state index is 11.8. The monoisotopic (exact) mass is 255 g/mol. The number of rotatable bonds is 2. The average Bonchev–Trinajstić information content (AvgIpc) is 1.78. The van der Waals surface area contributed by atoms with Crippen LogP contribution in [0.1, 0.15) is 0 Å². The zero-order chi connectivity index (χ0) is 9.99. The van der Waals surface area contributed by atoms with Gasteiger partial charge in [-0.05, 0) is 0 Å². The number of nitrogens with one attached hydrogen (secondary N) is 1. The Kier molecular flexibility index (Phi) is 3.43. The minimum absolute atomic E-state index is 1.00. The van der Waals surface area contributed by atoms with E-state index in [4.69, 9.17) is 0 Å².